The first-order valence-electron chi connectivity index (χ1n) is 8.77. The molecule has 0 spiro atoms. The number of carbonyl (C=O) groups excluding carboxylic acids is 2. The molecule has 7 heteroatoms. The zero-order chi connectivity index (χ0) is 19.6. The molecule has 0 saturated heterocycles. The summed E-state index contributed by atoms with van der Waals surface area (Å²) < 4.78 is 5.53. The Morgan fingerprint density at radius 3 is 2.41 bits per heavy atom. The van der Waals surface area contributed by atoms with E-state index in [4.69, 9.17) is 17.0 Å². The van der Waals surface area contributed by atoms with Crippen LogP contribution in [0.5, 0.6) is 5.75 Å². The molecular weight excluding hydrogens is 362 g/mol. The molecule has 0 unspecified atom stereocenters. The standard InChI is InChI=1S/C20H23N3O3S/c1-3-12-26-17-7-5-6-15(13-17)19(25)23-20(27)22-16-10-8-14(9-11-16)18(24)21-4-2/h5-11,13H,3-4,12H2,1-2H3,(H,21,24)(H2,22,23,25,27). The second kappa shape index (κ2) is 10.3. The molecule has 2 rings (SSSR count). The topological polar surface area (TPSA) is 79.5 Å². The molecule has 3 N–H and O–H groups in total. The van der Waals surface area contributed by atoms with Crippen LogP contribution in [0.25, 0.3) is 0 Å². The third-order valence-electron chi connectivity index (χ3n) is 3.54. The normalized spacial score (nSPS) is 10.0. The number of hydrogen-bond acceptors (Lipinski definition) is 4. The van der Waals surface area contributed by atoms with E-state index in [0.29, 0.717) is 35.7 Å². The summed E-state index contributed by atoms with van der Waals surface area (Å²) >= 11 is 5.19. The van der Waals surface area contributed by atoms with Gasteiger partial charge in [0.1, 0.15) is 5.75 Å². The first-order valence-corrected chi connectivity index (χ1v) is 9.17. The Morgan fingerprint density at radius 2 is 1.74 bits per heavy atom. The summed E-state index contributed by atoms with van der Waals surface area (Å²) in [5.74, 6) is 0.183. The van der Waals surface area contributed by atoms with Crippen LogP contribution in [0.4, 0.5) is 5.69 Å². The maximum atomic E-state index is 12.3. The fourth-order valence-electron chi connectivity index (χ4n) is 2.25. The van der Waals surface area contributed by atoms with Gasteiger partial charge in [-0.2, -0.15) is 0 Å². The van der Waals surface area contributed by atoms with Crippen LogP contribution in [0.3, 0.4) is 0 Å². The molecule has 0 aromatic heterocycles. The molecular formula is C20H23N3O3S. The first-order chi connectivity index (χ1) is 13.0. The summed E-state index contributed by atoms with van der Waals surface area (Å²) in [5.41, 5.74) is 1.69. The lowest BCUT2D eigenvalue weighted by atomic mass is 10.2. The van der Waals surface area contributed by atoms with E-state index >= 15 is 0 Å². The van der Waals surface area contributed by atoms with Gasteiger partial charge in [0.2, 0.25) is 0 Å². The molecule has 0 saturated carbocycles. The highest BCUT2D eigenvalue weighted by molar-refractivity contribution is 7.80. The van der Waals surface area contributed by atoms with Gasteiger partial charge in [-0.3, -0.25) is 14.9 Å². The van der Waals surface area contributed by atoms with Gasteiger partial charge < -0.3 is 15.4 Å². The highest BCUT2D eigenvalue weighted by Gasteiger charge is 2.10. The Morgan fingerprint density at radius 1 is 1.00 bits per heavy atom. The maximum Gasteiger partial charge on any atom is 0.257 e. The van der Waals surface area contributed by atoms with E-state index in [0.717, 1.165) is 6.42 Å². The zero-order valence-electron chi connectivity index (χ0n) is 15.4. The van der Waals surface area contributed by atoms with Crippen molar-refractivity contribution < 1.29 is 14.3 Å². The second-order valence-corrected chi connectivity index (χ2v) is 6.13. The molecule has 0 aliphatic heterocycles. The quantitative estimate of drug-likeness (QED) is 0.637. The lowest BCUT2D eigenvalue weighted by Gasteiger charge is -2.11. The van der Waals surface area contributed by atoms with Gasteiger partial charge in [-0.25, -0.2) is 0 Å². The van der Waals surface area contributed by atoms with E-state index in [1.54, 1.807) is 48.5 Å². The summed E-state index contributed by atoms with van der Waals surface area (Å²) in [7, 11) is 0. The van der Waals surface area contributed by atoms with Crippen LogP contribution in [-0.2, 0) is 0 Å². The van der Waals surface area contributed by atoms with Gasteiger partial charge in [-0.1, -0.05) is 13.0 Å². The lowest BCUT2D eigenvalue weighted by molar-refractivity contribution is 0.0953. The maximum absolute atomic E-state index is 12.3. The minimum atomic E-state index is -0.326. The largest absolute Gasteiger partial charge is 0.494 e. The van der Waals surface area contributed by atoms with Crippen molar-refractivity contribution in [2.75, 3.05) is 18.5 Å². The highest BCUT2D eigenvalue weighted by Crippen LogP contribution is 2.14. The summed E-state index contributed by atoms with van der Waals surface area (Å²) in [6, 6.07) is 13.8. The van der Waals surface area contributed by atoms with Crippen molar-refractivity contribution in [2.45, 2.75) is 20.3 Å². The number of benzene rings is 2. The van der Waals surface area contributed by atoms with Gasteiger partial charge in [-0.05, 0) is 68.0 Å². The molecule has 0 bridgehead atoms. The van der Waals surface area contributed by atoms with Crippen LogP contribution in [0.2, 0.25) is 0 Å². The van der Waals surface area contributed by atoms with Gasteiger partial charge in [0.25, 0.3) is 11.8 Å². The molecule has 0 radical (unpaired) electrons. The molecule has 0 fully saturated rings. The van der Waals surface area contributed by atoms with Crippen LogP contribution in [0.1, 0.15) is 41.0 Å². The molecule has 0 atom stereocenters. The van der Waals surface area contributed by atoms with Crippen LogP contribution < -0.4 is 20.7 Å². The smallest absolute Gasteiger partial charge is 0.257 e. The summed E-state index contributed by atoms with van der Waals surface area (Å²) in [4.78, 5) is 24.1. The second-order valence-electron chi connectivity index (χ2n) is 5.72. The van der Waals surface area contributed by atoms with E-state index in [1.165, 1.54) is 0 Å². The molecule has 142 valence electrons. The minimum absolute atomic E-state index is 0.134. The van der Waals surface area contributed by atoms with Gasteiger partial charge in [0.15, 0.2) is 5.11 Å². The van der Waals surface area contributed by atoms with E-state index in [9.17, 15) is 9.59 Å². The number of hydrogen-bond donors (Lipinski definition) is 3. The molecule has 0 aliphatic rings. The number of rotatable bonds is 7. The Hall–Kier alpha value is -2.93. The van der Waals surface area contributed by atoms with Crippen LogP contribution in [0, 0.1) is 0 Å². The predicted molar refractivity (Wildman–Crippen MR) is 110 cm³/mol. The van der Waals surface area contributed by atoms with Crippen molar-refractivity contribution in [3.8, 4) is 5.75 Å². The average Bonchev–Trinajstić information content (AvgIpc) is 2.67. The molecule has 2 aromatic rings. The van der Waals surface area contributed by atoms with Crippen molar-refractivity contribution in [3.63, 3.8) is 0 Å². The average molecular weight is 385 g/mol. The van der Waals surface area contributed by atoms with Gasteiger partial charge in [0.05, 0.1) is 6.61 Å². The van der Waals surface area contributed by atoms with Crippen molar-refractivity contribution in [3.05, 3.63) is 59.7 Å². The summed E-state index contributed by atoms with van der Waals surface area (Å²) in [6.45, 7) is 5.04. The third kappa shape index (κ3) is 6.38. The van der Waals surface area contributed by atoms with E-state index in [1.807, 2.05) is 13.8 Å². The Labute approximate surface area is 164 Å². The Balaban J connectivity index is 1.93. The molecule has 0 heterocycles. The summed E-state index contributed by atoms with van der Waals surface area (Å²) in [6.07, 6.45) is 0.892. The number of anilines is 1. The minimum Gasteiger partial charge on any atom is -0.494 e. The van der Waals surface area contributed by atoms with Crippen molar-refractivity contribution in [1.29, 1.82) is 0 Å². The van der Waals surface area contributed by atoms with Crippen LogP contribution in [-0.4, -0.2) is 30.1 Å². The molecule has 2 amide bonds. The zero-order valence-corrected chi connectivity index (χ0v) is 16.2. The van der Waals surface area contributed by atoms with E-state index in [2.05, 4.69) is 16.0 Å². The highest BCUT2D eigenvalue weighted by atomic mass is 32.1. The fourth-order valence-corrected chi connectivity index (χ4v) is 2.46. The van der Waals surface area contributed by atoms with Gasteiger partial charge in [0, 0.05) is 23.4 Å². The van der Waals surface area contributed by atoms with Crippen molar-refractivity contribution in [2.24, 2.45) is 0 Å². The number of thiocarbonyl (C=S) groups is 1. The number of carbonyl (C=O) groups is 2. The monoisotopic (exact) mass is 385 g/mol. The SMILES string of the molecule is CCCOc1cccc(C(=O)NC(=S)Nc2ccc(C(=O)NCC)cc2)c1. The molecule has 27 heavy (non-hydrogen) atoms. The first kappa shape index (κ1) is 20.4. The fraction of sp³-hybridized carbons (Fsp3) is 0.250. The number of nitrogens with one attached hydrogen (secondary N) is 3. The number of ether oxygens (including phenoxy) is 1. The Bertz CT molecular complexity index is 806. The van der Waals surface area contributed by atoms with E-state index < -0.39 is 0 Å². The third-order valence-corrected chi connectivity index (χ3v) is 3.74. The lowest BCUT2D eigenvalue weighted by Crippen LogP contribution is -2.34. The van der Waals surface area contributed by atoms with Gasteiger partial charge in [-0.15, -0.1) is 0 Å². The molecule has 2 aromatic carbocycles. The predicted octanol–water partition coefficient (Wildman–Crippen LogP) is 3.35. The summed E-state index contributed by atoms with van der Waals surface area (Å²) in [5, 5.41) is 8.46. The van der Waals surface area contributed by atoms with Gasteiger partial charge >= 0.3 is 0 Å². The van der Waals surface area contributed by atoms with Crippen LogP contribution >= 0.6 is 12.2 Å². The molecule has 0 aliphatic carbocycles. The van der Waals surface area contributed by atoms with Crippen molar-refractivity contribution in [1.82, 2.24) is 10.6 Å². The van der Waals surface area contributed by atoms with Crippen molar-refractivity contribution >= 4 is 34.8 Å². The molecule has 6 nitrogen and oxygen atoms in total. The Kier molecular flexibility index (Phi) is 7.76. The number of amides is 2. The van der Waals surface area contributed by atoms with Crippen LogP contribution in [0.15, 0.2) is 48.5 Å². The van der Waals surface area contributed by atoms with E-state index in [-0.39, 0.29) is 16.9 Å².